The number of hydrogen-bond donors (Lipinski definition) is 1. The molecular formula is C24H23Br2F3N4O4. The molecule has 0 unspecified atom stereocenters. The molecule has 1 atom stereocenters. The fourth-order valence-electron chi connectivity index (χ4n) is 4.61. The fraction of sp³-hybridized carbons (Fsp3) is 0.417. The average Bonchev–Trinajstić information content (AvgIpc) is 2.83. The molecule has 2 fully saturated rings. The third-order valence-corrected chi connectivity index (χ3v) is 7.37. The number of nitro benzene ring substituents is 1. The second-order valence-corrected chi connectivity index (χ2v) is 11.0. The monoisotopic (exact) mass is 646 g/mol. The fourth-order valence-corrected chi connectivity index (χ4v) is 5.52. The van der Waals surface area contributed by atoms with E-state index in [0.29, 0.717) is 28.3 Å². The number of nitrogens with one attached hydrogen (secondary N) is 1. The van der Waals surface area contributed by atoms with E-state index in [1.807, 2.05) is 0 Å². The smallest absolute Gasteiger partial charge is 0.294 e. The first-order chi connectivity index (χ1) is 17.4. The van der Waals surface area contributed by atoms with E-state index in [1.54, 1.807) is 0 Å². The SMILES string of the molecule is O=C(c1cc(F)cc(Br)c1)N1CCC[C@@H](Nc2c(C(=O)N3CCC(F)(F)CC3)cc(Br)cc2[N+](=O)[O-])C1. The minimum Gasteiger partial charge on any atom is -0.374 e. The topological polar surface area (TPSA) is 95.8 Å². The number of alkyl halides is 2. The number of carbonyl (C=O) groups is 2. The Morgan fingerprint density at radius 3 is 2.32 bits per heavy atom. The Balaban J connectivity index is 1.59. The number of amides is 2. The Morgan fingerprint density at radius 2 is 1.68 bits per heavy atom. The zero-order valence-electron chi connectivity index (χ0n) is 19.5. The van der Waals surface area contributed by atoms with E-state index in [0.717, 1.165) is 6.07 Å². The van der Waals surface area contributed by atoms with Gasteiger partial charge in [-0.25, -0.2) is 13.2 Å². The molecule has 198 valence electrons. The summed E-state index contributed by atoms with van der Waals surface area (Å²) < 4.78 is 41.8. The molecule has 0 aliphatic carbocycles. The summed E-state index contributed by atoms with van der Waals surface area (Å²) in [6.07, 6.45) is 0.184. The number of nitrogens with zero attached hydrogens (tertiary/aromatic N) is 3. The molecule has 0 aromatic heterocycles. The lowest BCUT2D eigenvalue weighted by atomic mass is 10.0. The molecule has 2 heterocycles. The highest BCUT2D eigenvalue weighted by Gasteiger charge is 2.37. The summed E-state index contributed by atoms with van der Waals surface area (Å²) in [5.41, 5.74) is -0.218. The van der Waals surface area contributed by atoms with Crippen molar-refractivity contribution in [2.45, 2.75) is 37.6 Å². The van der Waals surface area contributed by atoms with E-state index in [4.69, 9.17) is 0 Å². The molecule has 2 amide bonds. The summed E-state index contributed by atoms with van der Waals surface area (Å²) in [4.78, 5) is 40.4. The van der Waals surface area contributed by atoms with Crippen LogP contribution >= 0.6 is 31.9 Å². The van der Waals surface area contributed by atoms with Gasteiger partial charge in [0.25, 0.3) is 23.4 Å². The molecule has 0 bridgehead atoms. The maximum Gasteiger partial charge on any atom is 0.294 e. The van der Waals surface area contributed by atoms with Crippen LogP contribution in [0.25, 0.3) is 0 Å². The number of carbonyl (C=O) groups excluding carboxylic acids is 2. The van der Waals surface area contributed by atoms with Gasteiger partial charge in [0.15, 0.2) is 0 Å². The number of hydrogen-bond acceptors (Lipinski definition) is 5. The maximum atomic E-state index is 13.8. The van der Waals surface area contributed by atoms with Crippen LogP contribution in [0.3, 0.4) is 0 Å². The summed E-state index contributed by atoms with van der Waals surface area (Å²) in [6.45, 7) is 0.256. The second-order valence-electron chi connectivity index (χ2n) is 9.15. The predicted molar refractivity (Wildman–Crippen MR) is 138 cm³/mol. The lowest BCUT2D eigenvalue weighted by Crippen LogP contribution is -2.46. The van der Waals surface area contributed by atoms with Crippen molar-refractivity contribution in [2.75, 3.05) is 31.5 Å². The van der Waals surface area contributed by atoms with Gasteiger partial charge in [0.05, 0.1) is 10.5 Å². The summed E-state index contributed by atoms with van der Waals surface area (Å²) in [5, 5.41) is 15.0. The van der Waals surface area contributed by atoms with Gasteiger partial charge >= 0.3 is 0 Å². The summed E-state index contributed by atoms with van der Waals surface area (Å²) >= 11 is 6.39. The minimum atomic E-state index is -2.85. The molecular weight excluding hydrogens is 625 g/mol. The second kappa shape index (κ2) is 11.0. The highest BCUT2D eigenvalue weighted by molar-refractivity contribution is 9.10. The van der Waals surface area contributed by atoms with Crippen LogP contribution in [0.1, 0.15) is 46.4 Å². The number of piperidine rings is 2. The average molecular weight is 648 g/mol. The van der Waals surface area contributed by atoms with Crippen molar-refractivity contribution >= 4 is 55.0 Å². The van der Waals surface area contributed by atoms with Gasteiger partial charge in [-0.05, 0) is 37.1 Å². The number of rotatable bonds is 5. The van der Waals surface area contributed by atoms with Crippen molar-refractivity contribution in [1.29, 1.82) is 0 Å². The van der Waals surface area contributed by atoms with Crippen LogP contribution in [0.5, 0.6) is 0 Å². The number of nitro groups is 1. The van der Waals surface area contributed by atoms with Crippen molar-refractivity contribution in [3.8, 4) is 0 Å². The number of anilines is 1. The zero-order chi connectivity index (χ0) is 26.9. The highest BCUT2D eigenvalue weighted by Crippen LogP contribution is 2.36. The Bertz CT molecular complexity index is 1220. The first-order valence-corrected chi connectivity index (χ1v) is 13.2. The van der Waals surface area contributed by atoms with Crippen LogP contribution in [0.15, 0.2) is 39.3 Å². The largest absolute Gasteiger partial charge is 0.374 e. The van der Waals surface area contributed by atoms with Gasteiger partial charge in [-0.2, -0.15) is 0 Å². The number of likely N-dealkylation sites (tertiary alicyclic amines) is 2. The Kier molecular flexibility index (Phi) is 8.12. The lowest BCUT2D eigenvalue weighted by molar-refractivity contribution is -0.384. The molecule has 2 aromatic carbocycles. The Hall–Kier alpha value is -2.67. The lowest BCUT2D eigenvalue weighted by Gasteiger charge is -2.35. The molecule has 2 aliphatic heterocycles. The van der Waals surface area contributed by atoms with Gasteiger partial charge in [0.2, 0.25) is 0 Å². The van der Waals surface area contributed by atoms with Gasteiger partial charge in [-0.3, -0.25) is 19.7 Å². The van der Waals surface area contributed by atoms with Crippen LogP contribution in [0.4, 0.5) is 24.5 Å². The molecule has 8 nitrogen and oxygen atoms in total. The molecule has 2 saturated heterocycles. The molecule has 0 radical (unpaired) electrons. The van der Waals surface area contributed by atoms with Crippen LogP contribution in [0.2, 0.25) is 0 Å². The van der Waals surface area contributed by atoms with Gasteiger partial charge in [-0.1, -0.05) is 31.9 Å². The van der Waals surface area contributed by atoms with E-state index in [2.05, 4.69) is 37.2 Å². The first-order valence-electron chi connectivity index (χ1n) is 11.6. The Morgan fingerprint density at radius 1 is 1.00 bits per heavy atom. The standard InChI is InChI=1S/C24H23Br2F3N4O4/c25-15-8-14(9-17(27)10-15)22(34)32-5-1-2-18(13-32)30-21-19(11-16(26)12-20(21)33(36)37)23(35)31-6-3-24(28,29)4-7-31/h8-12,18,30H,1-7,13H2/t18-/m1/s1. The minimum absolute atomic E-state index is 0.0104. The number of halogens is 5. The summed E-state index contributed by atoms with van der Waals surface area (Å²) in [6, 6.07) is 6.15. The van der Waals surface area contributed by atoms with E-state index in [1.165, 1.54) is 34.1 Å². The highest BCUT2D eigenvalue weighted by atomic mass is 79.9. The molecule has 4 rings (SSSR count). The van der Waals surface area contributed by atoms with E-state index >= 15 is 0 Å². The molecule has 0 spiro atoms. The van der Waals surface area contributed by atoms with Gasteiger partial charge in [0, 0.05) is 65.6 Å². The molecule has 13 heteroatoms. The molecule has 2 aromatic rings. The van der Waals surface area contributed by atoms with E-state index in [9.17, 15) is 32.9 Å². The van der Waals surface area contributed by atoms with Crippen LogP contribution in [-0.2, 0) is 0 Å². The molecule has 0 saturated carbocycles. The van der Waals surface area contributed by atoms with Crippen LogP contribution in [-0.4, -0.2) is 64.7 Å². The summed E-state index contributed by atoms with van der Waals surface area (Å²) in [5.74, 6) is -4.39. The third-order valence-electron chi connectivity index (χ3n) is 6.46. The van der Waals surface area contributed by atoms with Gasteiger partial charge in [-0.15, -0.1) is 0 Å². The van der Waals surface area contributed by atoms with Crippen molar-refractivity contribution < 1.29 is 27.7 Å². The van der Waals surface area contributed by atoms with Crippen molar-refractivity contribution in [1.82, 2.24) is 9.80 Å². The number of benzene rings is 2. The van der Waals surface area contributed by atoms with Gasteiger partial charge in [0.1, 0.15) is 11.5 Å². The van der Waals surface area contributed by atoms with Crippen LogP contribution in [0, 0.1) is 15.9 Å². The maximum absolute atomic E-state index is 13.8. The van der Waals surface area contributed by atoms with E-state index in [-0.39, 0.29) is 48.0 Å². The predicted octanol–water partition coefficient (Wildman–Crippen LogP) is 5.85. The summed E-state index contributed by atoms with van der Waals surface area (Å²) in [7, 11) is 0. The normalized spacial score (nSPS) is 19.4. The molecule has 1 N–H and O–H groups in total. The zero-order valence-corrected chi connectivity index (χ0v) is 22.7. The van der Waals surface area contributed by atoms with Crippen LogP contribution < -0.4 is 5.32 Å². The quantitative estimate of drug-likeness (QED) is 0.325. The van der Waals surface area contributed by atoms with Crippen molar-refractivity contribution in [3.05, 3.63) is 66.3 Å². The Labute approximate surface area is 227 Å². The van der Waals surface area contributed by atoms with Gasteiger partial charge < -0.3 is 15.1 Å². The van der Waals surface area contributed by atoms with Crippen molar-refractivity contribution in [3.63, 3.8) is 0 Å². The first kappa shape index (κ1) is 27.4. The van der Waals surface area contributed by atoms with Crippen molar-refractivity contribution in [2.24, 2.45) is 0 Å². The molecule has 37 heavy (non-hydrogen) atoms. The van der Waals surface area contributed by atoms with E-state index < -0.39 is 41.5 Å². The third kappa shape index (κ3) is 6.43. The molecule has 2 aliphatic rings.